The van der Waals surface area contributed by atoms with Crippen LogP contribution in [-0.4, -0.2) is 32.1 Å². The molecule has 3 aromatic rings. The first-order chi connectivity index (χ1) is 14.6. The summed E-state index contributed by atoms with van der Waals surface area (Å²) in [5, 5.41) is 1.80. The van der Waals surface area contributed by atoms with Gasteiger partial charge in [-0.1, -0.05) is 59.6 Å². The van der Waals surface area contributed by atoms with Gasteiger partial charge in [-0.15, -0.1) is 11.3 Å². The van der Waals surface area contributed by atoms with Crippen LogP contribution in [0.25, 0.3) is 0 Å². The zero-order valence-electron chi connectivity index (χ0n) is 16.9. The van der Waals surface area contributed by atoms with E-state index in [0.29, 0.717) is 39.6 Å². The molecule has 0 saturated carbocycles. The quantitative estimate of drug-likeness (QED) is 0.487. The van der Waals surface area contributed by atoms with Gasteiger partial charge in [0.15, 0.2) is 5.13 Å². The van der Waals surface area contributed by atoms with Gasteiger partial charge >= 0.3 is 0 Å². The van der Waals surface area contributed by atoms with Crippen LogP contribution in [0, 0.1) is 6.92 Å². The van der Waals surface area contributed by atoms with Crippen LogP contribution < -0.4 is 9.62 Å². The molecule has 1 amide bonds. The summed E-state index contributed by atoms with van der Waals surface area (Å²) < 4.78 is 24.9. The molecule has 1 N–H and O–H groups in total. The number of nitrogens with zero attached hydrogens (tertiary/aromatic N) is 2. The second-order valence-corrected chi connectivity index (χ2v) is 10.7. The van der Waals surface area contributed by atoms with Crippen molar-refractivity contribution in [3.63, 3.8) is 0 Å². The fourth-order valence-corrected chi connectivity index (χ4v) is 4.96. The molecule has 1 heterocycles. The van der Waals surface area contributed by atoms with Gasteiger partial charge in [-0.3, -0.25) is 4.79 Å². The summed E-state index contributed by atoms with van der Waals surface area (Å²) >= 11 is 14.0. The summed E-state index contributed by atoms with van der Waals surface area (Å²) in [6, 6.07) is 15.3. The first kappa shape index (κ1) is 23.5. The number of carbonyl (C=O) groups excluding carboxylic acids is 1. The average Bonchev–Trinajstić information content (AvgIpc) is 3.08. The summed E-state index contributed by atoms with van der Waals surface area (Å²) in [5.74, 6) is -0.740. The maximum Gasteiger partial charge on any atom is 0.284 e. The third-order valence-corrected chi connectivity index (χ3v) is 6.75. The van der Waals surface area contributed by atoms with Crippen molar-refractivity contribution in [2.45, 2.75) is 19.9 Å². The van der Waals surface area contributed by atoms with E-state index in [1.54, 1.807) is 25.1 Å². The minimum Gasteiger partial charge on any atom is -0.343 e. The van der Waals surface area contributed by atoms with Gasteiger partial charge in [0.1, 0.15) is 5.69 Å². The standard InChI is InChI=1S/C21H21Cl2N3O3S2/c1-14-19(20(27)25-31(2,28)29)24-21(30-14)26(13-15-7-4-3-5-8-15)12-11-16-17(22)9-6-10-18(16)23/h3-10H,11-13H2,1-2H3,(H,25,27). The number of carbonyl (C=O) groups is 1. The lowest BCUT2D eigenvalue weighted by atomic mass is 10.1. The topological polar surface area (TPSA) is 79.4 Å². The van der Waals surface area contributed by atoms with Gasteiger partial charge in [0.2, 0.25) is 10.0 Å². The van der Waals surface area contributed by atoms with E-state index in [1.807, 2.05) is 40.0 Å². The maximum absolute atomic E-state index is 12.3. The van der Waals surface area contributed by atoms with E-state index in [1.165, 1.54) is 11.3 Å². The van der Waals surface area contributed by atoms with Crippen LogP contribution >= 0.6 is 34.5 Å². The molecule has 0 radical (unpaired) electrons. The lowest BCUT2D eigenvalue weighted by molar-refractivity contribution is 0.0977. The highest BCUT2D eigenvalue weighted by atomic mass is 35.5. The van der Waals surface area contributed by atoms with Gasteiger partial charge in [0.25, 0.3) is 5.91 Å². The molecule has 0 aliphatic rings. The fourth-order valence-electron chi connectivity index (χ4n) is 3.01. The number of hydrogen-bond acceptors (Lipinski definition) is 6. The first-order valence-corrected chi connectivity index (χ1v) is 12.8. The fraction of sp³-hybridized carbons (Fsp3) is 0.238. The van der Waals surface area contributed by atoms with E-state index < -0.39 is 15.9 Å². The van der Waals surface area contributed by atoms with Crippen LogP contribution in [0.15, 0.2) is 48.5 Å². The lowest BCUT2D eigenvalue weighted by Crippen LogP contribution is -2.30. The molecule has 0 saturated heterocycles. The monoisotopic (exact) mass is 497 g/mol. The van der Waals surface area contributed by atoms with Crippen LogP contribution in [0.4, 0.5) is 5.13 Å². The molecule has 0 fully saturated rings. The largest absolute Gasteiger partial charge is 0.343 e. The Kier molecular flexibility index (Phi) is 7.59. The van der Waals surface area contributed by atoms with Crippen LogP contribution in [0.1, 0.15) is 26.5 Å². The van der Waals surface area contributed by atoms with Crippen molar-refractivity contribution in [1.82, 2.24) is 9.71 Å². The van der Waals surface area contributed by atoms with Crippen LogP contribution in [0.3, 0.4) is 0 Å². The molecular weight excluding hydrogens is 477 g/mol. The molecule has 3 rings (SSSR count). The number of aromatic nitrogens is 1. The summed E-state index contributed by atoms with van der Waals surface area (Å²) in [6.45, 7) is 2.85. The van der Waals surface area contributed by atoms with Gasteiger partial charge < -0.3 is 4.90 Å². The van der Waals surface area contributed by atoms with Gasteiger partial charge in [-0.25, -0.2) is 18.1 Å². The molecule has 0 atom stereocenters. The average molecular weight is 498 g/mol. The normalized spacial score (nSPS) is 11.4. The summed E-state index contributed by atoms with van der Waals surface area (Å²) in [5.41, 5.74) is 2.01. The molecular formula is C21H21Cl2N3O3S2. The Balaban J connectivity index is 1.89. The molecule has 0 unspecified atom stereocenters. The Morgan fingerprint density at radius 3 is 2.35 bits per heavy atom. The molecule has 31 heavy (non-hydrogen) atoms. The van der Waals surface area contributed by atoms with Gasteiger partial charge in [-0.05, 0) is 36.6 Å². The Hall–Kier alpha value is -2.13. The summed E-state index contributed by atoms with van der Waals surface area (Å²) in [7, 11) is -3.68. The Morgan fingerprint density at radius 2 is 1.74 bits per heavy atom. The Labute approximate surface area is 195 Å². The van der Waals surface area contributed by atoms with Crippen molar-refractivity contribution < 1.29 is 13.2 Å². The highest BCUT2D eigenvalue weighted by molar-refractivity contribution is 7.89. The third-order valence-electron chi connectivity index (χ3n) is 4.46. The highest BCUT2D eigenvalue weighted by Crippen LogP contribution is 2.29. The maximum atomic E-state index is 12.3. The minimum absolute atomic E-state index is 0.0965. The molecule has 0 bridgehead atoms. The van der Waals surface area contributed by atoms with E-state index >= 15 is 0 Å². The minimum atomic E-state index is -3.68. The number of benzene rings is 2. The van der Waals surface area contributed by atoms with Crippen molar-refractivity contribution in [3.05, 3.63) is 80.3 Å². The van der Waals surface area contributed by atoms with E-state index in [-0.39, 0.29) is 5.69 Å². The molecule has 0 aliphatic carbocycles. The van der Waals surface area contributed by atoms with Crippen molar-refractivity contribution in [2.24, 2.45) is 0 Å². The second-order valence-electron chi connectivity index (χ2n) is 6.96. The molecule has 0 aliphatic heterocycles. The molecule has 10 heteroatoms. The molecule has 0 spiro atoms. The third kappa shape index (κ3) is 6.43. The number of aryl methyl sites for hydroxylation is 1. The zero-order chi connectivity index (χ0) is 22.6. The molecule has 1 aromatic heterocycles. The van der Waals surface area contributed by atoms with Gasteiger partial charge in [0.05, 0.1) is 6.26 Å². The smallest absolute Gasteiger partial charge is 0.284 e. The number of sulfonamides is 1. The Morgan fingerprint density at radius 1 is 1.10 bits per heavy atom. The van der Waals surface area contributed by atoms with Crippen molar-refractivity contribution in [1.29, 1.82) is 0 Å². The van der Waals surface area contributed by atoms with Crippen molar-refractivity contribution in [2.75, 3.05) is 17.7 Å². The first-order valence-electron chi connectivity index (χ1n) is 9.35. The molecule has 2 aromatic carbocycles. The zero-order valence-corrected chi connectivity index (χ0v) is 20.1. The number of amides is 1. The van der Waals surface area contributed by atoms with Crippen LogP contribution in [0.2, 0.25) is 10.0 Å². The molecule has 164 valence electrons. The Bertz CT molecular complexity index is 1160. The number of nitrogens with one attached hydrogen (secondary N) is 1. The second kappa shape index (κ2) is 9.99. The number of halogens is 2. The van der Waals surface area contributed by atoms with Crippen molar-refractivity contribution in [3.8, 4) is 0 Å². The lowest BCUT2D eigenvalue weighted by Gasteiger charge is -2.22. The van der Waals surface area contributed by atoms with E-state index in [0.717, 1.165) is 17.4 Å². The molecule has 6 nitrogen and oxygen atoms in total. The predicted molar refractivity (Wildman–Crippen MR) is 127 cm³/mol. The van der Waals surface area contributed by atoms with E-state index in [9.17, 15) is 13.2 Å². The van der Waals surface area contributed by atoms with Gasteiger partial charge in [0, 0.05) is 28.0 Å². The number of rotatable bonds is 8. The van der Waals surface area contributed by atoms with E-state index in [2.05, 4.69) is 4.98 Å². The van der Waals surface area contributed by atoms with E-state index in [4.69, 9.17) is 23.2 Å². The highest BCUT2D eigenvalue weighted by Gasteiger charge is 2.22. The predicted octanol–water partition coefficient (Wildman–Crippen LogP) is 4.70. The SMILES string of the molecule is Cc1sc(N(CCc2c(Cl)cccc2Cl)Cc2ccccc2)nc1C(=O)NS(C)(=O)=O. The number of thiazole rings is 1. The van der Waals surface area contributed by atoms with Crippen molar-refractivity contribution >= 4 is 55.6 Å². The van der Waals surface area contributed by atoms with Gasteiger partial charge in [-0.2, -0.15) is 0 Å². The summed E-state index contributed by atoms with van der Waals surface area (Å²) in [4.78, 5) is 19.5. The van der Waals surface area contributed by atoms with Crippen LogP contribution in [0.5, 0.6) is 0 Å². The summed E-state index contributed by atoms with van der Waals surface area (Å²) in [6.07, 6.45) is 1.51. The number of anilines is 1. The van der Waals surface area contributed by atoms with Crippen LogP contribution in [-0.2, 0) is 23.0 Å². The number of hydrogen-bond donors (Lipinski definition) is 1.